The van der Waals surface area contributed by atoms with E-state index >= 15 is 0 Å². The molecule has 0 spiro atoms. The number of rotatable bonds is 3. The largest absolute Gasteiger partial charge is 0.257 e. The van der Waals surface area contributed by atoms with Gasteiger partial charge in [-0.25, -0.2) is 0 Å². The van der Waals surface area contributed by atoms with Gasteiger partial charge in [-0.3, -0.25) is 14.0 Å². The second-order valence-electron chi connectivity index (χ2n) is 5.25. The van der Waals surface area contributed by atoms with E-state index in [1.54, 1.807) is 0 Å². The predicted octanol–water partition coefficient (Wildman–Crippen LogP) is 2.92. The fourth-order valence-corrected chi connectivity index (χ4v) is 6.17. The summed E-state index contributed by atoms with van der Waals surface area (Å²) in [4.78, 5) is 0. The third kappa shape index (κ3) is 3.13. The highest BCUT2D eigenvalue weighted by molar-refractivity contribution is 7.50. The second-order valence-corrected chi connectivity index (χ2v) is 7.48. The van der Waals surface area contributed by atoms with E-state index in [1.807, 2.05) is 0 Å². The summed E-state index contributed by atoms with van der Waals surface area (Å²) in [6.07, 6.45) is 8.59. The molecule has 0 saturated carbocycles. The van der Waals surface area contributed by atoms with Crippen LogP contribution in [0.25, 0.3) is 0 Å². The summed E-state index contributed by atoms with van der Waals surface area (Å²) in [5.74, 6) is 0. The van der Waals surface area contributed by atoms with Gasteiger partial charge in [-0.1, -0.05) is 0 Å². The molecule has 3 aliphatic rings. The Morgan fingerprint density at radius 2 is 0.706 bits per heavy atom. The summed E-state index contributed by atoms with van der Waals surface area (Å²) in [6, 6.07) is 0. The minimum absolute atomic E-state index is 0. The Hall–Kier alpha value is 0.600. The van der Waals surface area contributed by atoms with E-state index in [4.69, 9.17) is 0 Å². The van der Waals surface area contributed by atoms with Crippen molar-refractivity contribution in [3.05, 3.63) is 0 Å². The average molecular weight is 278 g/mol. The van der Waals surface area contributed by atoms with Crippen molar-refractivity contribution in [1.29, 1.82) is 0 Å². The SMILES string of the molecule is C1CCN(P(N2CCCC2)N2CCCC2)C1.Cl. The van der Waals surface area contributed by atoms with Crippen LogP contribution in [0, 0.1) is 0 Å². The molecule has 3 heterocycles. The van der Waals surface area contributed by atoms with Crippen LogP contribution in [0.3, 0.4) is 0 Å². The zero-order valence-corrected chi connectivity index (χ0v) is 12.4. The highest BCUT2D eigenvalue weighted by Crippen LogP contribution is 2.52. The first kappa shape index (κ1) is 14.0. The van der Waals surface area contributed by atoms with Crippen molar-refractivity contribution in [2.75, 3.05) is 39.3 Å². The van der Waals surface area contributed by atoms with Crippen LogP contribution in [0.1, 0.15) is 38.5 Å². The molecule has 0 atom stereocenters. The molecule has 3 nitrogen and oxygen atoms in total. The lowest BCUT2D eigenvalue weighted by molar-refractivity contribution is 0.397. The second kappa shape index (κ2) is 6.68. The average Bonchev–Trinajstić information content (AvgIpc) is 3.02. The first-order valence-electron chi connectivity index (χ1n) is 7.00. The molecule has 0 amide bonds. The molecule has 3 aliphatic heterocycles. The lowest BCUT2D eigenvalue weighted by atomic mass is 10.4. The van der Waals surface area contributed by atoms with Crippen LogP contribution in [0.5, 0.6) is 0 Å². The van der Waals surface area contributed by atoms with Crippen LogP contribution in [-0.4, -0.2) is 53.3 Å². The van der Waals surface area contributed by atoms with E-state index < -0.39 is 0 Å². The van der Waals surface area contributed by atoms with E-state index in [0.717, 1.165) is 0 Å². The van der Waals surface area contributed by atoms with Crippen molar-refractivity contribution in [2.45, 2.75) is 38.5 Å². The lowest BCUT2D eigenvalue weighted by Gasteiger charge is -2.40. The third-order valence-corrected chi connectivity index (χ3v) is 6.72. The molecule has 3 rings (SSSR count). The van der Waals surface area contributed by atoms with Crippen LogP contribution in [-0.2, 0) is 0 Å². The van der Waals surface area contributed by atoms with Gasteiger partial charge in [-0.2, -0.15) is 0 Å². The van der Waals surface area contributed by atoms with Gasteiger partial charge >= 0.3 is 0 Å². The molecule has 0 unspecified atom stereocenters. The number of hydrogen-bond acceptors (Lipinski definition) is 3. The Morgan fingerprint density at radius 1 is 0.471 bits per heavy atom. The summed E-state index contributed by atoms with van der Waals surface area (Å²) >= 11 is 0. The van der Waals surface area contributed by atoms with E-state index in [2.05, 4.69) is 14.0 Å². The highest BCUT2D eigenvalue weighted by atomic mass is 35.5. The van der Waals surface area contributed by atoms with Crippen molar-refractivity contribution in [3.63, 3.8) is 0 Å². The van der Waals surface area contributed by atoms with Gasteiger partial charge in [0.25, 0.3) is 0 Å². The molecule has 0 aromatic carbocycles. The van der Waals surface area contributed by atoms with Crippen molar-refractivity contribution in [2.24, 2.45) is 0 Å². The fourth-order valence-electron chi connectivity index (χ4n) is 3.17. The van der Waals surface area contributed by atoms with Crippen molar-refractivity contribution >= 4 is 20.8 Å². The van der Waals surface area contributed by atoms with E-state index in [-0.39, 0.29) is 20.8 Å². The number of halogens is 1. The van der Waals surface area contributed by atoms with Gasteiger partial charge in [-0.05, 0) is 38.5 Å². The fraction of sp³-hybridized carbons (Fsp3) is 1.00. The summed E-state index contributed by atoms with van der Waals surface area (Å²) < 4.78 is 8.39. The third-order valence-electron chi connectivity index (χ3n) is 4.01. The Balaban J connectivity index is 0.00000108. The molecule has 0 radical (unpaired) electrons. The Bertz CT molecular complexity index is 186. The molecule has 0 N–H and O–H groups in total. The minimum atomic E-state index is -0.0640. The van der Waals surface area contributed by atoms with Crippen LogP contribution in [0.4, 0.5) is 0 Å². The van der Waals surface area contributed by atoms with Gasteiger partial charge in [0.05, 0.1) is 0 Å². The lowest BCUT2D eigenvalue weighted by Crippen LogP contribution is -2.34. The van der Waals surface area contributed by atoms with E-state index in [1.165, 1.54) is 77.8 Å². The Morgan fingerprint density at radius 3 is 0.941 bits per heavy atom. The first-order chi connectivity index (χ1) is 7.95. The maximum absolute atomic E-state index is 2.80. The Labute approximate surface area is 113 Å². The monoisotopic (exact) mass is 277 g/mol. The summed E-state index contributed by atoms with van der Waals surface area (Å²) in [5, 5.41) is 0. The summed E-state index contributed by atoms with van der Waals surface area (Å²) in [5.41, 5.74) is 0. The molecular formula is C12H25ClN3P. The van der Waals surface area contributed by atoms with Gasteiger partial charge < -0.3 is 0 Å². The molecular weight excluding hydrogens is 253 g/mol. The number of hydrogen-bond donors (Lipinski definition) is 0. The smallest absolute Gasteiger partial charge is 0.120 e. The topological polar surface area (TPSA) is 9.72 Å². The number of nitrogens with zero attached hydrogens (tertiary/aromatic N) is 3. The van der Waals surface area contributed by atoms with Gasteiger partial charge in [-0.15, -0.1) is 12.4 Å². The quantitative estimate of drug-likeness (QED) is 0.735. The molecule has 17 heavy (non-hydrogen) atoms. The molecule has 3 saturated heterocycles. The molecule has 0 aromatic heterocycles. The van der Waals surface area contributed by atoms with Crippen LogP contribution in [0.15, 0.2) is 0 Å². The van der Waals surface area contributed by atoms with Crippen molar-refractivity contribution in [1.82, 2.24) is 14.0 Å². The molecule has 3 fully saturated rings. The zero-order valence-electron chi connectivity index (χ0n) is 10.7. The van der Waals surface area contributed by atoms with Gasteiger partial charge in [0.1, 0.15) is 8.37 Å². The summed E-state index contributed by atoms with van der Waals surface area (Å²) in [6.45, 7) is 8.16. The Kier molecular flexibility index (Phi) is 5.50. The summed E-state index contributed by atoms with van der Waals surface area (Å²) in [7, 11) is -0.0640. The van der Waals surface area contributed by atoms with Gasteiger partial charge in [0, 0.05) is 39.3 Å². The zero-order chi connectivity index (χ0) is 10.8. The maximum atomic E-state index is 2.80. The first-order valence-corrected chi connectivity index (χ1v) is 8.20. The normalized spacial score (nSPS) is 28.1. The maximum Gasteiger partial charge on any atom is 0.120 e. The highest BCUT2D eigenvalue weighted by Gasteiger charge is 2.35. The van der Waals surface area contributed by atoms with Gasteiger partial charge in [0.15, 0.2) is 0 Å². The van der Waals surface area contributed by atoms with Gasteiger partial charge in [0.2, 0.25) is 0 Å². The van der Waals surface area contributed by atoms with Crippen LogP contribution < -0.4 is 0 Å². The molecule has 100 valence electrons. The molecule has 0 aromatic rings. The minimum Gasteiger partial charge on any atom is -0.257 e. The van der Waals surface area contributed by atoms with Crippen LogP contribution in [0.2, 0.25) is 0 Å². The molecule has 0 bridgehead atoms. The van der Waals surface area contributed by atoms with E-state index in [9.17, 15) is 0 Å². The molecule has 5 heteroatoms. The molecule has 0 aliphatic carbocycles. The van der Waals surface area contributed by atoms with Crippen molar-refractivity contribution < 1.29 is 0 Å². The van der Waals surface area contributed by atoms with E-state index in [0.29, 0.717) is 0 Å². The standard InChI is InChI=1S/C12H24N3P.ClH/c1-2-8-13(7-1)16(14-9-3-4-10-14)15-11-5-6-12-15;/h1-12H2;1H. The van der Waals surface area contributed by atoms with Crippen LogP contribution >= 0.6 is 20.8 Å². The van der Waals surface area contributed by atoms with Crippen molar-refractivity contribution in [3.8, 4) is 0 Å². The predicted molar refractivity (Wildman–Crippen MR) is 76.6 cm³/mol.